The Balaban J connectivity index is 2.36. The van der Waals surface area contributed by atoms with Crippen molar-refractivity contribution in [3.05, 3.63) is 34.9 Å². The molecule has 0 spiro atoms. The van der Waals surface area contributed by atoms with Crippen molar-refractivity contribution in [1.82, 2.24) is 0 Å². The zero-order chi connectivity index (χ0) is 8.39. The summed E-state index contributed by atoms with van der Waals surface area (Å²) in [6, 6.07) is 6.42. The van der Waals surface area contributed by atoms with E-state index in [4.69, 9.17) is 10.5 Å². The van der Waals surface area contributed by atoms with Gasteiger partial charge in [-0.25, -0.2) is 0 Å². The Labute approximate surface area is 72.3 Å². The Morgan fingerprint density at radius 2 is 2.25 bits per heavy atom. The summed E-state index contributed by atoms with van der Waals surface area (Å²) in [6.45, 7) is 2.23. The second-order valence-electron chi connectivity index (χ2n) is 3.11. The van der Waals surface area contributed by atoms with Gasteiger partial charge < -0.3 is 10.5 Å². The Bertz CT molecular complexity index is 283. The van der Waals surface area contributed by atoms with Crippen molar-refractivity contribution < 1.29 is 4.74 Å². The van der Waals surface area contributed by atoms with E-state index in [0.29, 0.717) is 6.54 Å². The minimum atomic E-state index is 0.618. The lowest BCUT2D eigenvalue weighted by atomic mass is 10.0. The van der Waals surface area contributed by atoms with E-state index in [1.165, 1.54) is 16.7 Å². The molecule has 0 bridgehead atoms. The second-order valence-corrected chi connectivity index (χ2v) is 3.11. The van der Waals surface area contributed by atoms with Crippen LogP contribution in [-0.4, -0.2) is 6.61 Å². The lowest BCUT2D eigenvalue weighted by molar-refractivity contribution is 0.110. The first-order valence-corrected chi connectivity index (χ1v) is 4.28. The van der Waals surface area contributed by atoms with Crippen molar-refractivity contribution in [1.29, 1.82) is 0 Å². The number of fused-ring (bicyclic) bond motifs is 1. The van der Waals surface area contributed by atoms with Crippen LogP contribution in [0.3, 0.4) is 0 Å². The molecule has 2 rings (SSSR count). The molecule has 0 aliphatic carbocycles. The standard InChI is InChI=1S/C10H13NO/c11-6-8-1-2-9-3-4-12-7-10(9)5-8/h1-2,5H,3-4,6-7,11H2. The number of ether oxygens (including phenoxy) is 1. The maximum Gasteiger partial charge on any atom is 0.0719 e. The van der Waals surface area contributed by atoms with Crippen LogP contribution < -0.4 is 5.73 Å². The predicted octanol–water partition coefficient (Wildman–Crippen LogP) is 1.22. The smallest absolute Gasteiger partial charge is 0.0719 e. The maximum absolute atomic E-state index is 5.54. The molecule has 64 valence electrons. The Kier molecular flexibility index (Phi) is 2.11. The molecule has 2 heteroatoms. The van der Waals surface area contributed by atoms with Gasteiger partial charge in [0.1, 0.15) is 0 Å². The van der Waals surface area contributed by atoms with Crippen LogP contribution in [0.5, 0.6) is 0 Å². The van der Waals surface area contributed by atoms with Gasteiger partial charge in [-0.1, -0.05) is 18.2 Å². The van der Waals surface area contributed by atoms with Gasteiger partial charge in [0, 0.05) is 6.54 Å². The molecule has 0 unspecified atom stereocenters. The first-order chi connectivity index (χ1) is 5.90. The first-order valence-electron chi connectivity index (χ1n) is 4.28. The molecule has 2 N–H and O–H groups in total. The summed E-state index contributed by atoms with van der Waals surface area (Å²) in [5.74, 6) is 0. The summed E-state index contributed by atoms with van der Waals surface area (Å²) in [7, 11) is 0. The lowest BCUT2D eigenvalue weighted by Crippen LogP contribution is -2.10. The second kappa shape index (κ2) is 3.25. The molecule has 1 aromatic carbocycles. The van der Waals surface area contributed by atoms with Gasteiger partial charge >= 0.3 is 0 Å². The van der Waals surface area contributed by atoms with Gasteiger partial charge in [-0.05, 0) is 23.1 Å². The Morgan fingerprint density at radius 3 is 3.08 bits per heavy atom. The molecule has 1 aromatic rings. The third kappa shape index (κ3) is 1.36. The molecule has 0 saturated carbocycles. The van der Waals surface area contributed by atoms with Gasteiger partial charge in [-0.15, -0.1) is 0 Å². The first kappa shape index (κ1) is 7.77. The van der Waals surface area contributed by atoms with Crippen molar-refractivity contribution in [3.63, 3.8) is 0 Å². The van der Waals surface area contributed by atoms with Crippen molar-refractivity contribution in [3.8, 4) is 0 Å². The number of benzene rings is 1. The van der Waals surface area contributed by atoms with Crippen LogP contribution in [0.4, 0.5) is 0 Å². The number of hydrogen-bond acceptors (Lipinski definition) is 2. The molecule has 1 heterocycles. The number of hydrogen-bond donors (Lipinski definition) is 1. The van der Waals surface area contributed by atoms with Gasteiger partial charge in [0.15, 0.2) is 0 Å². The third-order valence-electron chi connectivity index (χ3n) is 2.28. The van der Waals surface area contributed by atoms with Gasteiger partial charge in [0.25, 0.3) is 0 Å². The van der Waals surface area contributed by atoms with E-state index >= 15 is 0 Å². The molecule has 0 amide bonds. The maximum atomic E-state index is 5.54. The average molecular weight is 163 g/mol. The van der Waals surface area contributed by atoms with Crippen molar-refractivity contribution in [2.24, 2.45) is 5.73 Å². The van der Waals surface area contributed by atoms with Crippen LogP contribution in [0.2, 0.25) is 0 Å². The third-order valence-corrected chi connectivity index (χ3v) is 2.28. The summed E-state index contributed by atoms with van der Waals surface area (Å²) in [5, 5.41) is 0. The molecule has 1 aliphatic rings. The summed E-state index contributed by atoms with van der Waals surface area (Å²) in [4.78, 5) is 0. The van der Waals surface area contributed by atoms with Gasteiger partial charge in [-0.2, -0.15) is 0 Å². The van der Waals surface area contributed by atoms with E-state index in [2.05, 4.69) is 18.2 Å². The highest BCUT2D eigenvalue weighted by molar-refractivity contribution is 5.32. The topological polar surface area (TPSA) is 35.2 Å². The largest absolute Gasteiger partial charge is 0.376 e. The molecule has 0 fully saturated rings. The Morgan fingerprint density at radius 1 is 1.33 bits per heavy atom. The molecular weight excluding hydrogens is 150 g/mol. The fraction of sp³-hybridized carbons (Fsp3) is 0.400. The summed E-state index contributed by atoms with van der Waals surface area (Å²) < 4.78 is 5.35. The average Bonchev–Trinajstić information content (AvgIpc) is 2.17. The van der Waals surface area contributed by atoms with E-state index in [1.807, 2.05) is 0 Å². The monoisotopic (exact) mass is 163 g/mol. The van der Waals surface area contributed by atoms with E-state index in [-0.39, 0.29) is 0 Å². The van der Waals surface area contributed by atoms with Crippen LogP contribution in [0.25, 0.3) is 0 Å². The molecule has 2 nitrogen and oxygen atoms in total. The molecule has 0 radical (unpaired) electrons. The fourth-order valence-corrected chi connectivity index (χ4v) is 1.55. The highest BCUT2D eigenvalue weighted by Crippen LogP contribution is 2.17. The summed E-state index contributed by atoms with van der Waals surface area (Å²) in [6.07, 6.45) is 1.04. The molecule has 0 atom stereocenters. The van der Waals surface area contributed by atoms with Crippen molar-refractivity contribution in [2.45, 2.75) is 19.6 Å². The molecule has 12 heavy (non-hydrogen) atoms. The SMILES string of the molecule is NCc1ccc2c(c1)COCC2. The minimum absolute atomic E-state index is 0.618. The molecule has 0 aromatic heterocycles. The van der Waals surface area contributed by atoms with E-state index in [0.717, 1.165) is 19.6 Å². The van der Waals surface area contributed by atoms with E-state index < -0.39 is 0 Å². The molecule has 1 aliphatic heterocycles. The predicted molar refractivity (Wildman–Crippen MR) is 47.7 cm³/mol. The van der Waals surface area contributed by atoms with E-state index in [9.17, 15) is 0 Å². The Hall–Kier alpha value is -0.860. The van der Waals surface area contributed by atoms with Gasteiger partial charge in [0.05, 0.1) is 13.2 Å². The lowest BCUT2D eigenvalue weighted by Gasteiger charge is -2.16. The van der Waals surface area contributed by atoms with Crippen LogP contribution in [-0.2, 0) is 24.3 Å². The minimum Gasteiger partial charge on any atom is -0.376 e. The van der Waals surface area contributed by atoms with Crippen LogP contribution in [0.15, 0.2) is 18.2 Å². The van der Waals surface area contributed by atoms with Crippen LogP contribution in [0.1, 0.15) is 16.7 Å². The van der Waals surface area contributed by atoms with Crippen molar-refractivity contribution >= 4 is 0 Å². The number of nitrogens with two attached hydrogens (primary N) is 1. The van der Waals surface area contributed by atoms with Crippen LogP contribution in [0, 0.1) is 0 Å². The quantitative estimate of drug-likeness (QED) is 0.675. The summed E-state index contributed by atoms with van der Waals surface area (Å²) in [5.41, 5.74) is 9.46. The molecular formula is C10H13NO. The highest BCUT2D eigenvalue weighted by Gasteiger charge is 2.08. The van der Waals surface area contributed by atoms with E-state index in [1.54, 1.807) is 0 Å². The van der Waals surface area contributed by atoms with Crippen LogP contribution >= 0.6 is 0 Å². The highest BCUT2D eigenvalue weighted by atomic mass is 16.5. The normalized spacial score (nSPS) is 15.8. The van der Waals surface area contributed by atoms with Crippen molar-refractivity contribution in [2.75, 3.05) is 6.61 Å². The van der Waals surface area contributed by atoms with Gasteiger partial charge in [0.2, 0.25) is 0 Å². The van der Waals surface area contributed by atoms with Gasteiger partial charge in [-0.3, -0.25) is 0 Å². The fourth-order valence-electron chi connectivity index (χ4n) is 1.55. The zero-order valence-electron chi connectivity index (χ0n) is 7.05. The summed E-state index contributed by atoms with van der Waals surface area (Å²) >= 11 is 0. The zero-order valence-corrected chi connectivity index (χ0v) is 7.05. The number of rotatable bonds is 1. The molecule has 0 saturated heterocycles.